The van der Waals surface area contributed by atoms with Crippen LogP contribution in [0.15, 0.2) is 58.6 Å². The molecule has 2 aromatic carbocycles. The van der Waals surface area contributed by atoms with Crippen LogP contribution in [0.4, 0.5) is 4.79 Å². The summed E-state index contributed by atoms with van der Waals surface area (Å²) < 4.78 is 21.4. The molecule has 1 saturated heterocycles. The van der Waals surface area contributed by atoms with Crippen molar-refractivity contribution in [3.8, 4) is 11.5 Å². The third kappa shape index (κ3) is 5.48. The van der Waals surface area contributed by atoms with Gasteiger partial charge >= 0.3 is 12.0 Å². The predicted octanol–water partition coefficient (Wildman–Crippen LogP) is 5.05. The summed E-state index contributed by atoms with van der Waals surface area (Å²) in [5, 5.41) is 3.48. The lowest BCUT2D eigenvalue weighted by Crippen LogP contribution is -2.30. The fourth-order valence-corrected chi connectivity index (χ4v) is 3.78. The highest BCUT2D eigenvalue weighted by Gasteiger charge is 2.34. The van der Waals surface area contributed by atoms with E-state index in [-0.39, 0.29) is 30.4 Å². The van der Waals surface area contributed by atoms with Crippen molar-refractivity contribution in [1.82, 2.24) is 10.2 Å². The molecular weight excluding hydrogens is 511 g/mol. The second kappa shape index (κ2) is 10.8. The summed E-state index contributed by atoms with van der Waals surface area (Å²) in [5.74, 6) is -0.388. The van der Waals surface area contributed by atoms with Gasteiger partial charge in [0.25, 0.3) is 5.91 Å². The molecule has 11 heteroatoms. The summed E-state index contributed by atoms with van der Waals surface area (Å²) >= 11 is 12.2. The maximum absolute atomic E-state index is 13.0. The van der Waals surface area contributed by atoms with Crippen molar-refractivity contribution in [2.75, 3.05) is 14.2 Å². The van der Waals surface area contributed by atoms with Crippen molar-refractivity contribution in [3.63, 3.8) is 0 Å². The van der Waals surface area contributed by atoms with Crippen molar-refractivity contribution in [3.05, 3.63) is 86.9 Å². The summed E-state index contributed by atoms with van der Waals surface area (Å²) in [6.07, 6.45) is 1.45. The van der Waals surface area contributed by atoms with Crippen molar-refractivity contribution in [1.29, 1.82) is 0 Å². The zero-order chi connectivity index (χ0) is 25.8. The fraction of sp³-hybridized carbons (Fsp3) is 0.160. The minimum absolute atomic E-state index is 0.000380. The van der Waals surface area contributed by atoms with Gasteiger partial charge in [-0.15, -0.1) is 0 Å². The molecule has 3 aromatic rings. The lowest BCUT2D eigenvalue weighted by atomic mass is 10.1. The summed E-state index contributed by atoms with van der Waals surface area (Å²) in [6, 6.07) is 12.5. The summed E-state index contributed by atoms with van der Waals surface area (Å²) in [6.45, 7) is 0.0105. The van der Waals surface area contributed by atoms with Gasteiger partial charge in [-0.1, -0.05) is 35.3 Å². The summed E-state index contributed by atoms with van der Waals surface area (Å²) in [7, 11) is 2.69. The highest BCUT2D eigenvalue weighted by atomic mass is 35.5. The molecule has 0 saturated carbocycles. The van der Waals surface area contributed by atoms with Gasteiger partial charge in [-0.2, -0.15) is 0 Å². The Balaban J connectivity index is 1.59. The number of imide groups is 1. The first-order valence-electron chi connectivity index (χ1n) is 10.6. The molecule has 9 nitrogen and oxygen atoms in total. The van der Waals surface area contributed by atoms with Gasteiger partial charge in [-0.25, -0.2) is 9.59 Å². The topological polar surface area (TPSA) is 107 Å². The van der Waals surface area contributed by atoms with E-state index in [1.807, 2.05) is 12.1 Å². The molecular formula is C25H20Cl2N2O7. The number of nitrogens with zero attached hydrogens (tertiary/aromatic N) is 1. The lowest BCUT2D eigenvalue weighted by Gasteiger charge is -2.15. The molecule has 1 aromatic heterocycles. The molecule has 186 valence electrons. The number of carbonyl (C=O) groups is 3. The van der Waals surface area contributed by atoms with Crippen LogP contribution in [0, 0.1) is 0 Å². The average molecular weight is 531 g/mol. The molecule has 36 heavy (non-hydrogen) atoms. The monoisotopic (exact) mass is 530 g/mol. The van der Waals surface area contributed by atoms with Crippen LogP contribution in [0.2, 0.25) is 10.0 Å². The molecule has 0 unspecified atom stereocenters. The number of nitrogens with one attached hydrogen (secondary N) is 1. The Kier molecular flexibility index (Phi) is 7.52. The van der Waals surface area contributed by atoms with E-state index in [0.717, 1.165) is 10.5 Å². The van der Waals surface area contributed by atoms with E-state index in [9.17, 15) is 14.4 Å². The number of amides is 3. The van der Waals surface area contributed by atoms with Gasteiger partial charge in [0.2, 0.25) is 5.76 Å². The Morgan fingerprint density at radius 3 is 2.50 bits per heavy atom. The number of halogens is 2. The molecule has 1 fully saturated rings. The number of benzene rings is 2. The SMILES string of the molecule is COC(=O)c1ccc(CN2C(=O)N/C(=C\c3cc(Cl)cc(OC)c3OCc3ccc(Cl)cc3)C2=O)o1. The molecule has 1 aliphatic heterocycles. The van der Waals surface area contributed by atoms with Gasteiger partial charge in [0, 0.05) is 21.7 Å². The van der Waals surface area contributed by atoms with E-state index < -0.39 is 17.9 Å². The number of hydrogen-bond donors (Lipinski definition) is 1. The largest absolute Gasteiger partial charge is 0.493 e. The van der Waals surface area contributed by atoms with Crippen molar-refractivity contribution >= 4 is 47.2 Å². The van der Waals surface area contributed by atoms with Crippen LogP contribution < -0.4 is 14.8 Å². The maximum atomic E-state index is 13.0. The fourth-order valence-electron chi connectivity index (χ4n) is 3.44. The standard InChI is InChI=1S/C25H20Cl2N2O7/c1-33-21-11-17(27)9-15(22(21)35-13-14-3-5-16(26)6-4-14)10-19-23(30)29(25(32)28-19)12-18-7-8-20(36-18)24(31)34-2/h3-11H,12-13H2,1-2H3,(H,28,32)/b19-10-. The third-order valence-electron chi connectivity index (χ3n) is 5.19. The normalized spacial score (nSPS) is 14.2. The van der Waals surface area contributed by atoms with E-state index in [1.165, 1.54) is 32.4 Å². The van der Waals surface area contributed by atoms with Gasteiger partial charge in [0.1, 0.15) is 18.1 Å². The predicted molar refractivity (Wildman–Crippen MR) is 131 cm³/mol. The third-order valence-corrected chi connectivity index (χ3v) is 5.66. The molecule has 1 N–H and O–H groups in total. The van der Waals surface area contributed by atoms with Gasteiger partial charge in [-0.3, -0.25) is 9.69 Å². The number of carbonyl (C=O) groups excluding carboxylic acids is 3. The Labute approximate surface area is 216 Å². The Hall–Kier alpha value is -3.95. The van der Waals surface area contributed by atoms with Crippen molar-refractivity contribution in [2.24, 2.45) is 0 Å². The van der Waals surface area contributed by atoms with E-state index in [2.05, 4.69) is 10.1 Å². The first-order valence-corrected chi connectivity index (χ1v) is 11.3. The Morgan fingerprint density at radius 2 is 1.81 bits per heavy atom. The Bertz CT molecular complexity index is 1350. The minimum Gasteiger partial charge on any atom is -0.493 e. The lowest BCUT2D eigenvalue weighted by molar-refractivity contribution is -0.123. The first kappa shape index (κ1) is 25.2. The highest BCUT2D eigenvalue weighted by Crippen LogP contribution is 2.37. The number of hydrogen-bond acceptors (Lipinski definition) is 7. The summed E-state index contributed by atoms with van der Waals surface area (Å²) in [5.41, 5.74) is 1.28. The van der Waals surface area contributed by atoms with Crippen LogP contribution in [0.25, 0.3) is 6.08 Å². The van der Waals surface area contributed by atoms with Crippen molar-refractivity contribution in [2.45, 2.75) is 13.2 Å². The molecule has 4 rings (SSSR count). The van der Waals surface area contributed by atoms with E-state index in [1.54, 1.807) is 24.3 Å². The number of urea groups is 1. The summed E-state index contributed by atoms with van der Waals surface area (Å²) in [4.78, 5) is 38.1. The molecule has 2 heterocycles. The van der Waals surface area contributed by atoms with E-state index in [4.69, 9.17) is 37.1 Å². The molecule has 0 bridgehead atoms. The van der Waals surface area contributed by atoms with Gasteiger partial charge in [-0.05, 0) is 42.0 Å². The van der Waals surface area contributed by atoms with Crippen LogP contribution in [-0.2, 0) is 22.7 Å². The second-order valence-corrected chi connectivity index (χ2v) is 8.45. The maximum Gasteiger partial charge on any atom is 0.373 e. The molecule has 0 atom stereocenters. The van der Waals surface area contributed by atoms with E-state index >= 15 is 0 Å². The number of ether oxygens (including phenoxy) is 3. The second-order valence-electron chi connectivity index (χ2n) is 7.58. The van der Waals surface area contributed by atoms with Crippen LogP contribution >= 0.6 is 23.2 Å². The Morgan fingerprint density at radius 1 is 1.06 bits per heavy atom. The zero-order valence-corrected chi connectivity index (χ0v) is 20.7. The number of furan rings is 1. The van der Waals surface area contributed by atoms with Gasteiger partial charge < -0.3 is 23.9 Å². The van der Waals surface area contributed by atoms with Crippen LogP contribution in [0.3, 0.4) is 0 Å². The van der Waals surface area contributed by atoms with Crippen LogP contribution in [0.5, 0.6) is 11.5 Å². The molecule has 1 aliphatic rings. The highest BCUT2D eigenvalue weighted by molar-refractivity contribution is 6.31. The van der Waals surface area contributed by atoms with E-state index in [0.29, 0.717) is 27.1 Å². The first-order chi connectivity index (χ1) is 17.3. The molecule has 0 aliphatic carbocycles. The quantitative estimate of drug-likeness (QED) is 0.246. The zero-order valence-electron chi connectivity index (χ0n) is 19.2. The van der Waals surface area contributed by atoms with Crippen LogP contribution in [0.1, 0.15) is 27.4 Å². The average Bonchev–Trinajstić information content (AvgIpc) is 3.44. The smallest absolute Gasteiger partial charge is 0.373 e. The van der Waals surface area contributed by atoms with Crippen molar-refractivity contribution < 1.29 is 33.0 Å². The number of rotatable bonds is 8. The number of esters is 1. The number of methoxy groups -OCH3 is 2. The minimum atomic E-state index is -0.667. The molecule has 3 amide bonds. The van der Waals surface area contributed by atoms with Gasteiger partial charge in [0.15, 0.2) is 11.5 Å². The van der Waals surface area contributed by atoms with Crippen LogP contribution in [-0.4, -0.2) is 37.0 Å². The molecule has 0 spiro atoms. The van der Waals surface area contributed by atoms with Gasteiger partial charge in [0.05, 0.1) is 20.8 Å². The molecule has 0 radical (unpaired) electrons.